The van der Waals surface area contributed by atoms with Crippen molar-refractivity contribution in [2.75, 3.05) is 4.90 Å². The highest BCUT2D eigenvalue weighted by Gasteiger charge is 2.48. The van der Waals surface area contributed by atoms with E-state index >= 15 is 8.78 Å². The van der Waals surface area contributed by atoms with Gasteiger partial charge in [-0.1, -0.05) is 6.92 Å². The molecule has 0 bridgehead atoms. The summed E-state index contributed by atoms with van der Waals surface area (Å²) in [6.45, 7) is 1.69. The number of imidazole rings is 1. The number of nitrogens with one attached hydrogen (secondary N) is 1. The van der Waals surface area contributed by atoms with Crippen LogP contribution in [0.4, 0.5) is 14.5 Å². The molecule has 146 valence electrons. The molecule has 29 heavy (non-hydrogen) atoms. The van der Waals surface area contributed by atoms with Crippen molar-refractivity contribution in [3.63, 3.8) is 0 Å². The number of amides is 1. The number of aromatic amines is 1. The number of H-pyrrole nitrogens is 1. The lowest BCUT2D eigenvalue weighted by atomic mass is 9.82. The number of anilines is 1. The highest BCUT2D eigenvalue weighted by atomic mass is 19.1. The molecule has 0 radical (unpaired) electrons. The van der Waals surface area contributed by atoms with Crippen LogP contribution in [-0.4, -0.2) is 25.7 Å². The summed E-state index contributed by atoms with van der Waals surface area (Å²) in [5, 5.41) is 4.04. The van der Waals surface area contributed by atoms with Gasteiger partial charge in [0.25, 0.3) is 0 Å². The molecule has 2 atom stereocenters. The summed E-state index contributed by atoms with van der Waals surface area (Å²) in [6.07, 6.45) is 4.80. The first-order valence-electron chi connectivity index (χ1n) is 9.18. The third-order valence-corrected chi connectivity index (χ3v) is 5.47. The molecule has 3 heterocycles. The van der Waals surface area contributed by atoms with Gasteiger partial charge in [0, 0.05) is 30.1 Å². The van der Waals surface area contributed by atoms with E-state index in [0.717, 1.165) is 11.0 Å². The standard InChI is InChI=1S/C21H17F2N5O/c1-11-20(28(21(11)29)14-3-4-17-18(7-14)25-10-24-17)19-15(22)5-12(6-16(19)23)13-8-26-27(2)9-13/h3-11,20H,1-2H3,(H,24,25)/t11-,20-/m1/s1. The van der Waals surface area contributed by atoms with Crippen LogP contribution in [0.1, 0.15) is 18.5 Å². The monoisotopic (exact) mass is 393 g/mol. The minimum atomic E-state index is -0.717. The maximum atomic E-state index is 15.0. The van der Waals surface area contributed by atoms with E-state index in [9.17, 15) is 4.79 Å². The number of aromatic nitrogens is 4. The molecule has 8 heteroatoms. The van der Waals surface area contributed by atoms with Gasteiger partial charge in [-0.2, -0.15) is 5.10 Å². The fraction of sp³-hybridized carbons (Fsp3) is 0.190. The minimum Gasteiger partial charge on any atom is -0.345 e. The number of carbonyl (C=O) groups excluding carboxylic acids is 1. The van der Waals surface area contributed by atoms with Crippen LogP contribution in [0.25, 0.3) is 22.2 Å². The molecule has 4 aromatic rings. The Bertz CT molecular complexity index is 1240. The van der Waals surface area contributed by atoms with Crippen LogP contribution in [-0.2, 0) is 11.8 Å². The predicted octanol–water partition coefficient (Wildman–Crippen LogP) is 3.97. The number of halogens is 2. The second-order valence-corrected chi connectivity index (χ2v) is 7.30. The summed E-state index contributed by atoms with van der Waals surface area (Å²) in [5.74, 6) is -2.06. The molecule has 0 unspecified atom stereocenters. The van der Waals surface area contributed by atoms with Gasteiger partial charge in [-0.05, 0) is 35.9 Å². The average molecular weight is 393 g/mol. The molecule has 1 aliphatic rings. The molecule has 2 aromatic carbocycles. The molecular weight excluding hydrogens is 376 g/mol. The number of aryl methyl sites for hydroxylation is 1. The van der Waals surface area contributed by atoms with E-state index in [1.54, 1.807) is 55.6 Å². The van der Waals surface area contributed by atoms with Gasteiger partial charge in [0.1, 0.15) is 11.6 Å². The quantitative estimate of drug-likeness (QED) is 0.536. The van der Waals surface area contributed by atoms with Gasteiger partial charge in [0.15, 0.2) is 0 Å². The van der Waals surface area contributed by atoms with Gasteiger partial charge in [-0.25, -0.2) is 13.8 Å². The molecule has 2 aromatic heterocycles. The number of β-lactam (4-membered cyclic amide) rings is 1. The Hall–Kier alpha value is -3.55. The summed E-state index contributed by atoms with van der Waals surface area (Å²) in [7, 11) is 1.74. The Morgan fingerprint density at radius 2 is 1.86 bits per heavy atom. The number of benzene rings is 2. The Kier molecular flexibility index (Phi) is 3.77. The minimum absolute atomic E-state index is 0.102. The van der Waals surface area contributed by atoms with Crippen LogP contribution in [0.3, 0.4) is 0 Å². The first kappa shape index (κ1) is 17.5. The van der Waals surface area contributed by atoms with E-state index in [-0.39, 0.29) is 11.5 Å². The lowest BCUT2D eigenvalue weighted by molar-refractivity contribution is -0.129. The third kappa shape index (κ3) is 2.63. The van der Waals surface area contributed by atoms with E-state index in [2.05, 4.69) is 15.1 Å². The number of hydrogen-bond acceptors (Lipinski definition) is 3. The number of hydrogen-bond donors (Lipinski definition) is 1. The average Bonchev–Trinajstić information content (AvgIpc) is 3.34. The van der Waals surface area contributed by atoms with Crippen LogP contribution in [0, 0.1) is 17.6 Å². The molecule has 1 fully saturated rings. The van der Waals surface area contributed by atoms with E-state index in [1.807, 2.05) is 0 Å². The van der Waals surface area contributed by atoms with Gasteiger partial charge in [0.05, 0.1) is 35.5 Å². The SMILES string of the molecule is C[C@H]1C(=O)N(c2ccc3nc[nH]c3c2)[C@H]1c1c(F)cc(-c2cnn(C)c2)cc1F. The summed E-state index contributed by atoms with van der Waals surface area (Å²) in [5.41, 5.74) is 3.00. The van der Waals surface area contributed by atoms with Crippen LogP contribution in [0.5, 0.6) is 0 Å². The van der Waals surface area contributed by atoms with Crippen molar-refractivity contribution in [2.45, 2.75) is 13.0 Å². The van der Waals surface area contributed by atoms with Crippen molar-refractivity contribution in [1.29, 1.82) is 0 Å². The molecular formula is C21H17F2N5O. The molecule has 0 saturated carbocycles. The van der Waals surface area contributed by atoms with Crippen molar-refractivity contribution >= 4 is 22.6 Å². The van der Waals surface area contributed by atoms with Crippen molar-refractivity contribution in [2.24, 2.45) is 13.0 Å². The normalized spacial score (nSPS) is 19.0. The van der Waals surface area contributed by atoms with Gasteiger partial charge in [-0.3, -0.25) is 9.48 Å². The molecule has 6 nitrogen and oxygen atoms in total. The Labute approximate surface area is 164 Å². The van der Waals surface area contributed by atoms with E-state index in [4.69, 9.17) is 0 Å². The number of rotatable bonds is 3. The van der Waals surface area contributed by atoms with Crippen molar-refractivity contribution in [3.8, 4) is 11.1 Å². The van der Waals surface area contributed by atoms with Gasteiger partial charge in [-0.15, -0.1) is 0 Å². The predicted molar refractivity (Wildman–Crippen MR) is 104 cm³/mol. The topological polar surface area (TPSA) is 66.8 Å². The lowest BCUT2D eigenvalue weighted by Crippen LogP contribution is -2.54. The first-order chi connectivity index (χ1) is 13.9. The zero-order valence-corrected chi connectivity index (χ0v) is 15.7. The molecule has 5 rings (SSSR count). The lowest BCUT2D eigenvalue weighted by Gasteiger charge is -2.46. The molecule has 0 aliphatic carbocycles. The Balaban J connectivity index is 1.57. The van der Waals surface area contributed by atoms with Gasteiger partial charge < -0.3 is 9.88 Å². The smallest absolute Gasteiger partial charge is 0.232 e. The van der Waals surface area contributed by atoms with Crippen molar-refractivity contribution in [1.82, 2.24) is 19.7 Å². The maximum absolute atomic E-state index is 15.0. The largest absolute Gasteiger partial charge is 0.345 e. The highest BCUT2D eigenvalue weighted by Crippen LogP contribution is 2.45. The van der Waals surface area contributed by atoms with E-state index < -0.39 is 23.6 Å². The zero-order valence-electron chi connectivity index (χ0n) is 15.7. The molecule has 1 aliphatic heterocycles. The third-order valence-electron chi connectivity index (χ3n) is 5.47. The van der Waals surface area contributed by atoms with Crippen LogP contribution in [0.2, 0.25) is 0 Å². The van der Waals surface area contributed by atoms with Crippen LogP contribution < -0.4 is 4.90 Å². The summed E-state index contributed by atoms with van der Waals surface area (Å²) >= 11 is 0. The Morgan fingerprint density at radius 3 is 2.55 bits per heavy atom. The highest BCUT2D eigenvalue weighted by molar-refractivity contribution is 6.04. The van der Waals surface area contributed by atoms with Crippen molar-refractivity contribution < 1.29 is 13.6 Å². The van der Waals surface area contributed by atoms with Gasteiger partial charge >= 0.3 is 0 Å². The summed E-state index contributed by atoms with van der Waals surface area (Å²) in [4.78, 5) is 21.2. The second kappa shape index (κ2) is 6.23. The molecule has 1 amide bonds. The number of carbonyl (C=O) groups is 1. The zero-order chi connectivity index (χ0) is 20.3. The fourth-order valence-corrected chi connectivity index (χ4v) is 3.98. The van der Waals surface area contributed by atoms with Gasteiger partial charge in [0.2, 0.25) is 5.91 Å². The first-order valence-corrected chi connectivity index (χ1v) is 9.18. The molecule has 0 spiro atoms. The molecule has 1 saturated heterocycles. The van der Waals surface area contributed by atoms with E-state index in [0.29, 0.717) is 16.8 Å². The van der Waals surface area contributed by atoms with E-state index in [1.165, 1.54) is 17.0 Å². The number of fused-ring (bicyclic) bond motifs is 1. The molecule has 1 N–H and O–H groups in total. The van der Waals surface area contributed by atoms with Crippen LogP contribution >= 0.6 is 0 Å². The second-order valence-electron chi connectivity index (χ2n) is 7.30. The van der Waals surface area contributed by atoms with Crippen molar-refractivity contribution in [3.05, 3.63) is 66.3 Å². The van der Waals surface area contributed by atoms with Crippen LogP contribution in [0.15, 0.2) is 49.1 Å². The Morgan fingerprint density at radius 1 is 1.10 bits per heavy atom. The summed E-state index contributed by atoms with van der Waals surface area (Å²) < 4.78 is 31.7. The number of nitrogens with zero attached hydrogens (tertiary/aromatic N) is 4. The fourth-order valence-electron chi connectivity index (χ4n) is 3.98. The maximum Gasteiger partial charge on any atom is 0.232 e. The summed E-state index contributed by atoms with van der Waals surface area (Å²) in [6, 6.07) is 7.14.